The number of Topliss-reactive ketones (excluding diaryl/α,β-unsaturated/α-hetero) is 1. The normalized spacial score (nSPS) is 21.8. The lowest BCUT2D eigenvalue weighted by Crippen LogP contribution is -2.52. The maximum Gasteiger partial charge on any atom is 0.317 e. The van der Waals surface area contributed by atoms with Crippen LogP contribution in [0.5, 0.6) is 0 Å². The molecule has 1 saturated heterocycles. The van der Waals surface area contributed by atoms with Crippen LogP contribution < -0.4 is 0 Å². The molecule has 8 nitrogen and oxygen atoms in total. The van der Waals surface area contributed by atoms with Gasteiger partial charge in [-0.2, -0.15) is 4.98 Å². The smallest absolute Gasteiger partial charge is 0.317 e. The number of aromatic nitrogens is 4. The van der Waals surface area contributed by atoms with E-state index in [-0.39, 0.29) is 42.9 Å². The number of fused-ring (bicyclic) bond motifs is 1. The van der Waals surface area contributed by atoms with E-state index in [0.29, 0.717) is 30.0 Å². The fourth-order valence-electron chi connectivity index (χ4n) is 6.65. The first-order valence-corrected chi connectivity index (χ1v) is 14.4. The molecule has 0 spiro atoms. The molecule has 5 rings (SSSR count). The van der Waals surface area contributed by atoms with Gasteiger partial charge in [0.15, 0.2) is 11.6 Å². The zero-order chi connectivity index (χ0) is 29.4. The molecule has 1 aromatic carbocycles. The molecule has 216 valence electrons. The minimum Gasteiger partial charge on any atom is -0.458 e. The van der Waals surface area contributed by atoms with Crippen LogP contribution in [0.1, 0.15) is 87.7 Å². The van der Waals surface area contributed by atoms with Gasteiger partial charge in [0.2, 0.25) is 0 Å². The van der Waals surface area contributed by atoms with Gasteiger partial charge in [-0.1, -0.05) is 26.7 Å². The molecule has 3 heterocycles. The number of esters is 1. The Morgan fingerprint density at radius 2 is 1.85 bits per heavy atom. The van der Waals surface area contributed by atoms with Crippen LogP contribution >= 0.6 is 0 Å². The van der Waals surface area contributed by atoms with Crippen molar-refractivity contribution in [3.63, 3.8) is 0 Å². The van der Waals surface area contributed by atoms with E-state index >= 15 is 8.78 Å². The number of hydrogen-bond acceptors (Lipinski definition) is 6. The van der Waals surface area contributed by atoms with Crippen LogP contribution in [0.3, 0.4) is 0 Å². The molecule has 2 aromatic heterocycles. The topological polar surface area (TPSA) is 90.8 Å². The van der Waals surface area contributed by atoms with E-state index in [1.54, 1.807) is 26.2 Å². The number of carbonyl (C=O) groups is 2. The second-order valence-corrected chi connectivity index (χ2v) is 11.6. The van der Waals surface area contributed by atoms with E-state index < -0.39 is 34.7 Å². The van der Waals surface area contributed by atoms with Gasteiger partial charge < -0.3 is 9.58 Å². The number of benzene rings is 1. The second kappa shape index (κ2) is 11.3. The van der Waals surface area contributed by atoms with Crippen LogP contribution in [0.4, 0.5) is 8.78 Å². The first-order chi connectivity index (χ1) is 19.6. The van der Waals surface area contributed by atoms with Crippen molar-refractivity contribution < 1.29 is 23.1 Å². The van der Waals surface area contributed by atoms with E-state index in [2.05, 4.69) is 19.9 Å². The molecule has 0 bridgehead atoms. The van der Waals surface area contributed by atoms with Crippen molar-refractivity contribution in [3.05, 3.63) is 70.1 Å². The highest BCUT2D eigenvalue weighted by Gasteiger charge is 2.51. The summed E-state index contributed by atoms with van der Waals surface area (Å²) in [6, 6.07) is 2.57. The Kier molecular flexibility index (Phi) is 7.91. The van der Waals surface area contributed by atoms with Crippen molar-refractivity contribution in [2.24, 2.45) is 11.8 Å². The SMILES string of the molecule is [C-]#[N+]C(CC)(CC)c1c(F)cc(CCC2(C3CCCC3)CC(=O)C(Cc3nc4ncc(C)cn4n3)C(=O)O2)cc1F. The number of ether oxygens (including phenoxy) is 1. The van der Waals surface area contributed by atoms with Crippen LogP contribution in [0.15, 0.2) is 24.5 Å². The average Bonchev–Trinajstić information content (AvgIpc) is 3.62. The Morgan fingerprint density at radius 3 is 2.46 bits per heavy atom. The molecule has 2 atom stereocenters. The number of hydrogen-bond donors (Lipinski definition) is 0. The summed E-state index contributed by atoms with van der Waals surface area (Å²) in [6.45, 7) is 13.0. The van der Waals surface area contributed by atoms with E-state index in [4.69, 9.17) is 11.3 Å². The summed E-state index contributed by atoms with van der Waals surface area (Å²) in [5, 5.41) is 4.38. The maximum atomic E-state index is 15.3. The summed E-state index contributed by atoms with van der Waals surface area (Å²) in [6.07, 6.45) is 8.23. The molecular formula is C31H35F2N5O3. The maximum absolute atomic E-state index is 15.3. The molecular weight excluding hydrogens is 528 g/mol. The fraction of sp³-hybridized carbons (Fsp3) is 0.548. The Morgan fingerprint density at radius 1 is 1.17 bits per heavy atom. The highest BCUT2D eigenvalue weighted by molar-refractivity contribution is 6.01. The van der Waals surface area contributed by atoms with Crippen LogP contribution in [-0.4, -0.2) is 36.9 Å². The molecule has 2 fully saturated rings. The van der Waals surface area contributed by atoms with Crippen molar-refractivity contribution in [1.82, 2.24) is 19.6 Å². The molecule has 1 saturated carbocycles. The first-order valence-electron chi connectivity index (χ1n) is 14.4. The lowest BCUT2D eigenvalue weighted by Gasteiger charge is -2.43. The Hall–Kier alpha value is -3.74. The predicted molar refractivity (Wildman–Crippen MR) is 147 cm³/mol. The molecule has 0 amide bonds. The van der Waals surface area contributed by atoms with Crippen molar-refractivity contribution in [2.75, 3.05) is 0 Å². The number of rotatable bonds is 9. The van der Waals surface area contributed by atoms with Crippen LogP contribution in [0, 0.1) is 37.0 Å². The third-order valence-corrected chi connectivity index (χ3v) is 9.09. The monoisotopic (exact) mass is 563 g/mol. The van der Waals surface area contributed by atoms with E-state index in [1.807, 2.05) is 6.92 Å². The van der Waals surface area contributed by atoms with E-state index in [1.165, 1.54) is 16.6 Å². The van der Waals surface area contributed by atoms with Crippen LogP contribution in [-0.2, 0) is 32.7 Å². The number of cyclic esters (lactones) is 1. The lowest BCUT2D eigenvalue weighted by molar-refractivity contribution is -0.185. The molecule has 0 radical (unpaired) electrons. The minimum absolute atomic E-state index is 0.000702. The fourth-order valence-corrected chi connectivity index (χ4v) is 6.65. The summed E-state index contributed by atoms with van der Waals surface area (Å²) in [4.78, 5) is 39.0. The highest BCUT2D eigenvalue weighted by atomic mass is 19.1. The van der Waals surface area contributed by atoms with Gasteiger partial charge >= 0.3 is 5.97 Å². The molecule has 2 aliphatic rings. The Balaban J connectivity index is 1.37. The third-order valence-electron chi connectivity index (χ3n) is 9.09. The molecule has 10 heteroatoms. The zero-order valence-electron chi connectivity index (χ0n) is 23.8. The van der Waals surface area contributed by atoms with Crippen molar-refractivity contribution in [2.45, 2.75) is 96.1 Å². The largest absolute Gasteiger partial charge is 0.458 e. The molecule has 3 aromatic rings. The predicted octanol–water partition coefficient (Wildman–Crippen LogP) is 5.88. The summed E-state index contributed by atoms with van der Waals surface area (Å²) in [7, 11) is 0. The number of nitrogens with zero attached hydrogens (tertiary/aromatic N) is 5. The Bertz CT molecular complexity index is 1480. The van der Waals surface area contributed by atoms with Crippen LogP contribution in [0.25, 0.3) is 10.6 Å². The number of carbonyl (C=O) groups excluding carboxylic acids is 2. The summed E-state index contributed by atoms with van der Waals surface area (Å²) in [5.74, 6) is -2.59. The van der Waals surface area contributed by atoms with Gasteiger partial charge in [0.05, 0.1) is 0 Å². The highest BCUT2D eigenvalue weighted by Crippen LogP contribution is 2.45. The zero-order valence-corrected chi connectivity index (χ0v) is 23.8. The molecule has 41 heavy (non-hydrogen) atoms. The standard InChI is InChI=1S/C31H35F2N5O3/c1-5-30(6-2,34-4)27-23(32)13-20(14-24(27)33)11-12-31(21-9-7-8-10-21)16-25(39)22(28(40)41-31)15-26-36-29-35-17-19(3)18-38(29)37-26/h13-14,17-18,21-22H,5-12,15-16H2,1-3H3. The number of halogens is 2. The van der Waals surface area contributed by atoms with Crippen molar-refractivity contribution >= 4 is 17.5 Å². The number of aryl methyl sites for hydroxylation is 2. The van der Waals surface area contributed by atoms with Gasteiger partial charge in [-0.25, -0.2) is 24.9 Å². The molecule has 0 N–H and O–H groups in total. The van der Waals surface area contributed by atoms with Gasteiger partial charge in [0.25, 0.3) is 11.3 Å². The van der Waals surface area contributed by atoms with Crippen molar-refractivity contribution in [1.29, 1.82) is 0 Å². The van der Waals surface area contributed by atoms with Gasteiger partial charge in [0.1, 0.15) is 28.7 Å². The third kappa shape index (κ3) is 5.34. The molecule has 1 aliphatic carbocycles. The average molecular weight is 564 g/mol. The van der Waals surface area contributed by atoms with E-state index in [9.17, 15) is 9.59 Å². The van der Waals surface area contributed by atoms with Gasteiger partial charge in [-0.15, -0.1) is 5.10 Å². The second-order valence-electron chi connectivity index (χ2n) is 11.6. The lowest BCUT2D eigenvalue weighted by atomic mass is 9.73. The Labute approximate surface area is 238 Å². The van der Waals surface area contributed by atoms with Crippen LogP contribution in [0.2, 0.25) is 0 Å². The molecule has 1 aliphatic heterocycles. The quantitative estimate of drug-likeness (QED) is 0.183. The van der Waals surface area contributed by atoms with Gasteiger partial charge in [0, 0.05) is 38.1 Å². The first kappa shape index (κ1) is 28.8. The van der Waals surface area contributed by atoms with Crippen molar-refractivity contribution in [3.8, 4) is 0 Å². The van der Waals surface area contributed by atoms with Gasteiger partial charge in [-0.3, -0.25) is 9.59 Å². The van der Waals surface area contributed by atoms with E-state index in [0.717, 1.165) is 31.2 Å². The summed E-state index contributed by atoms with van der Waals surface area (Å²) in [5.41, 5.74) is -1.15. The summed E-state index contributed by atoms with van der Waals surface area (Å²) >= 11 is 0. The minimum atomic E-state index is -1.25. The molecule has 2 unspecified atom stereocenters. The van der Waals surface area contributed by atoms with Gasteiger partial charge in [-0.05, 0) is 61.8 Å². The number of ketones is 1. The summed E-state index contributed by atoms with van der Waals surface area (Å²) < 4.78 is 38.2.